The van der Waals surface area contributed by atoms with Gasteiger partial charge in [-0.1, -0.05) is 0 Å². The predicted octanol–water partition coefficient (Wildman–Crippen LogP) is -12.0. The molecule has 0 fully saturated rings. The van der Waals surface area contributed by atoms with Crippen molar-refractivity contribution in [3.8, 4) is 0 Å². The minimum absolute atomic E-state index is 0. The fourth-order valence-electron chi connectivity index (χ4n) is 0. The second-order valence-electron chi connectivity index (χ2n) is 0. The summed E-state index contributed by atoms with van der Waals surface area (Å²) in [7, 11) is 0. The third-order valence-corrected chi connectivity index (χ3v) is 0. The van der Waals surface area contributed by atoms with Crippen molar-refractivity contribution in [1.82, 2.24) is 0 Å². The topological polar surface area (TPSA) is 0 Å². The smallest absolute Gasteiger partial charge is 1.00 e. The molecule has 0 bridgehead atoms. The first-order chi connectivity index (χ1) is 0. The van der Waals surface area contributed by atoms with Crippen molar-refractivity contribution < 1.29 is 69.8 Å². The molecule has 0 aliphatic carbocycles. The van der Waals surface area contributed by atoms with Gasteiger partial charge in [-0.3, -0.25) is 0 Å². The van der Waals surface area contributed by atoms with Crippen LogP contribution in [-0.2, 0) is 13.5 Å². The van der Waals surface area contributed by atoms with Crippen LogP contribution in [0, 0.1) is 0 Å². The molecule has 0 heterocycles. The van der Waals surface area contributed by atoms with Crippen molar-refractivity contribution in [3.05, 3.63) is 0 Å². The average Bonchev–Trinajstić information content (AvgIpc) is 0. The van der Waals surface area contributed by atoms with Crippen LogP contribution in [0.5, 0.6) is 0 Å². The van der Waals surface area contributed by atoms with Gasteiger partial charge in [-0.05, 0) is 0 Å². The van der Waals surface area contributed by atoms with E-state index >= 15 is 0 Å². The molecule has 28 valence electrons. The zero-order chi connectivity index (χ0) is 0. The van der Waals surface area contributed by atoms with Crippen LogP contribution in [0.15, 0.2) is 0 Å². The third-order valence-electron chi connectivity index (χ3n) is 0. The van der Waals surface area contributed by atoms with Crippen molar-refractivity contribution in [2.75, 3.05) is 0 Å². The Morgan fingerprint density at radius 2 is 0.600 bits per heavy atom. The number of rotatable bonds is 0. The van der Waals surface area contributed by atoms with Crippen LogP contribution in [0.2, 0.25) is 0 Å². The van der Waals surface area contributed by atoms with Gasteiger partial charge in [-0.2, -0.15) is 0 Å². The SMILES string of the molecule is [Br-].[Br-].[Br-].[Li+].[S+2]. The normalized spacial score (nSPS) is 0. The van der Waals surface area contributed by atoms with Crippen molar-refractivity contribution in [2.24, 2.45) is 0 Å². The van der Waals surface area contributed by atoms with Crippen LogP contribution in [0.3, 0.4) is 0 Å². The van der Waals surface area contributed by atoms with Crippen LogP contribution in [-0.4, -0.2) is 0 Å². The summed E-state index contributed by atoms with van der Waals surface area (Å²) in [6.07, 6.45) is 0. The number of hydrogen-bond acceptors (Lipinski definition) is 0. The van der Waals surface area contributed by atoms with Gasteiger partial charge in [-0.25, -0.2) is 0 Å². The van der Waals surface area contributed by atoms with Gasteiger partial charge in [0.15, 0.2) is 0 Å². The second-order valence-corrected chi connectivity index (χ2v) is 0. The molecule has 5 heteroatoms. The van der Waals surface area contributed by atoms with E-state index in [1.807, 2.05) is 0 Å². The van der Waals surface area contributed by atoms with Gasteiger partial charge in [0.1, 0.15) is 0 Å². The molecule has 0 atom stereocenters. The van der Waals surface area contributed by atoms with E-state index < -0.39 is 0 Å². The van der Waals surface area contributed by atoms with E-state index in [-0.39, 0.29) is 83.3 Å². The molecule has 0 N–H and O–H groups in total. The largest absolute Gasteiger partial charge is 2.00 e. The Morgan fingerprint density at radius 1 is 0.600 bits per heavy atom. The average molecular weight is 279 g/mol. The fraction of sp³-hybridized carbons (Fsp3) is 0. The predicted molar refractivity (Wildman–Crippen MR) is 7.37 cm³/mol. The summed E-state index contributed by atoms with van der Waals surface area (Å²) >= 11 is 0. The molecule has 0 aliphatic heterocycles. The van der Waals surface area contributed by atoms with Crippen LogP contribution in [0.25, 0.3) is 0 Å². The Labute approximate surface area is 82.4 Å². The second kappa shape index (κ2) is 32.5. The molecule has 0 nitrogen and oxygen atoms in total. The van der Waals surface area contributed by atoms with Crippen LogP contribution in [0.1, 0.15) is 0 Å². The molecule has 4 radical (unpaired) electrons. The van der Waals surface area contributed by atoms with E-state index in [1.54, 1.807) is 0 Å². The standard InChI is InChI=1S/3BrH.Li.S/h3*1H;;/q;;;+1;+2/p-3. The first-order valence-corrected chi connectivity index (χ1v) is 0. The molecule has 0 unspecified atom stereocenters. The van der Waals surface area contributed by atoms with E-state index in [0.29, 0.717) is 0 Å². The third kappa shape index (κ3) is 21.6. The molecule has 0 spiro atoms. The van der Waals surface area contributed by atoms with Crippen LogP contribution in [0.4, 0.5) is 0 Å². The molecular formula is Br3LiS. The van der Waals surface area contributed by atoms with E-state index in [0.717, 1.165) is 0 Å². The van der Waals surface area contributed by atoms with Gasteiger partial charge in [0.05, 0.1) is 0 Å². The maximum Gasteiger partial charge on any atom is 2.00 e. The van der Waals surface area contributed by atoms with Gasteiger partial charge in [0.25, 0.3) is 0 Å². The first-order valence-electron chi connectivity index (χ1n) is 0. The molecule has 0 amide bonds. The zero-order valence-electron chi connectivity index (χ0n) is 2.54. The summed E-state index contributed by atoms with van der Waals surface area (Å²) in [5.74, 6) is 0. The van der Waals surface area contributed by atoms with Crippen LogP contribution < -0.4 is 69.8 Å². The van der Waals surface area contributed by atoms with Crippen molar-refractivity contribution >= 4 is 13.5 Å². The fourth-order valence-corrected chi connectivity index (χ4v) is 0. The monoisotopic (exact) mass is 276 g/mol. The van der Waals surface area contributed by atoms with Gasteiger partial charge < -0.3 is 50.9 Å². The molecule has 0 saturated heterocycles. The molecule has 5 heavy (non-hydrogen) atoms. The Bertz CT molecular complexity index is 6.85. The zero-order valence-corrected chi connectivity index (χ0v) is 8.12. The van der Waals surface area contributed by atoms with Crippen LogP contribution >= 0.6 is 0 Å². The minimum atomic E-state index is 0. The number of hydrogen-bond donors (Lipinski definition) is 0. The Hall–Kier alpha value is 2.39. The van der Waals surface area contributed by atoms with E-state index in [2.05, 4.69) is 0 Å². The molecule has 0 saturated carbocycles. The Morgan fingerprint density at radius 3 is 0.600 bits per heavy atom. The maximum atomic E-state index is 0. The molecule has 0 aromatic carbocycles. The van der Waals surface area contributed by atoms with Crippen molar-refractivity contribution in [3.63, 3.8) is 0 Å². The van der Waals surface area contributed by atoms with Crippen molar-refractivity contribution in [1.29, 1.82) is 0 Å². The van der Waals surface area contributed by atoms with E-state index in [1.165, 1.54) is 0 Å². The molecule has 0 rings (SSSR count). The maximum absolute atomic E-state index is 0. The summed E-state index contributed by atoms with van der Waals surface area (Å²) < 4.78 is 0. The molecule has 0 aromatic rings. The first kappa shape index (κ1) is 52.9. The molecule has 0 aromatic heterocycles. The van der Waals surface area contributed by atoms with Gasteiger partial charge >= 0.3 is 32.4 Å². The summed E-state index contributed by atoms with van der Waals surface area (Å²) in [5.41, 5.74) is 0. The van der Waals surface area contributed by atoms with Gasteiger partial charge in [-0.15, -0.1) is 0 Å². The van der Waals surface area contributed by atoms with E-state index in [4.69, 9.17) is 0 Å². The summed E-state index contributed by atoms with van der Waals surface area (Å²) in [5, 5.41) is 0. The van der Waals surface area contributed by atoms with Gasteiger partial charge in [0, 0.05) is 0 Å². The van der Waals surface area contributed by atoms with Gasteiger partial charge in [0.2, 0.25) is 0 Å². The molecular weight excluding hydrogens is 279 g/mol. The number of halogens is 3. The summed E-state index contributed by atoms with van der Waals surface area (Å²) in [4.78, 5) is 0. The van der Waals surface area contributed by atoms with E-state index in [9.17, 15) is 0 Å². The summed E-state index contributed by atoms with van der Waals surface area (Å²) in [6, 6.07) is 0. The minimum Gasteiger partial charge on any atom is -1.00 e. The quantitative estimate of drug-likeness (QED) is 0.386. The Balaban J connectivity index is 0. The summed E-state index contributed by atoms with van der Waals surface area (Å²) in [6.45, 7) is 0. The Kier molecular flexibility index (Phi) is 344. The molecule has 0 aliphatic rings. The van der Waals surface area contributed by atoms with Crippen molar-refractivity contribution in [2.45, 2.75) is 0 Å².